The molecule has 3 heterocycles. The van der Waals surface area contributed by atoms with E-state index in [0.717, 1.165) is 35.7 Å². The highest BCUT2D eigenvalue weighted by Crippen LogP contribution is 2.35. The van der Waals surface area contributed by atoms with E-state index in [0.29, 0.717) is 31.1 Å². The Morgan fingerprint density at radius 3 is 2.81 bits per heavy atom. The predicted molar refractivity (Wildman–Crippen MR) is 135 cm³/mol. The maximum Gasteiger partial charge on any atom is 0.265 e. The zero-order chi connectivity index (χ0) is 25.7. The minimum atomic E-state index is -4.00. The average molecular weight is 520 g/mol. The number of nitrogens with zero attached hydrogens (tertiary/aromatic N) is 3. The Labute approximate surface area is 210 Å². The van der Waals surface area contributed by atoms with Crippen molar-refractivity contribution >= 4 is 21.0 Å². The van der Waals surface area contributed by atoms with Gasteiger partial charge < -0.3 is 19.3 Å². The molecule has 2 aromatic heterocycles. The van der Waals surface area contributed by atoms with Crippen LogP contribution in [0.5, 0.6) is 11.5 Å². The molecule has 10 nitrogen and oxygen atoms in total. The van der Waals surface area contributed by atoms with E-state index in [-0.39, 0.29) is 36.4 Å². The third-order valence-corrected chi connectivity index (χ3v) is 7.00. The van der Waals surface area contributed by atoms with Crippen molar-refractivity contribution in [1.82, 2.24) is 14.8 Å². The van der Waals surface area contributed by atoms with E-state index >= 15 is 0 Å². The van der Waals surface area contributed by atoms with Crippen molar-refractivity contribution in [2.75, 3.05) is 25.6 Å². The molecule has 11 heteroatoms. The molecule has 1 aromatic carbocycles. The third-order valence-electron chi connectivity index (χ3n) is 6.01. The summed E-state index contributed by atoms with van der Waals surface area (Å²) >= 11 is 0. The van der Waals surface area contributed by atoms with Gasteiger partial charge in [-0.25, -0.2) is 4.68 Å². The molecule has 0 radical (unpaired) electrons. The number of phenolic OH excluding ortho intramolecular Hbond substituents is 1. The lowest BCUT2D eigenvalue weighted by atomic mass is 10.1. The fourth-order valence-electron chi connectivity index (χ4n) is 4.32. The van der Waals surface area contributed by atoms with E-state index in [2.05, 4.69) is 4.98 Å². The summed E-state index contributed by atoms with van der Waals surface area (Å²) < 4.78 is 50.2. The van der Waals surface area contributed by atoms with Crippen LogP contribution in [0.3, 0.4) is 0 Å². The molecule has 3 aromatic rings. The zero-order valence-electron chi connectivity index (χ0n) is 20.5. The van der Waals surface area contributed by atoms with Gasteiger partial charge in [0.1, 0.15) is 17.2 Å². The Hall–Kier alpha value is -2.73. The molecule has 4 rings (SSSR count). The Bertz CT molecular complexity index is 1270. The molecule has 36 heavy (non-hydrogen) atoms. The van der Waals surface area contributed by atoms with E-state index in [1.165, 1.54) is 0 Å². The average Bonchev–Trinajstić information content (AvgIpc) is 3.20. The van der Waals surface area contributed by atoms with Gasteiger partial charge in [0, 0.05) is 30.2 Å². The van der Waals surface area contributed by atoms with Crippen molar-refractivity contribution in [1.29, 1.82) is 0 Å². The number of ether oxygens (including phenoxy) is 3. The number of phenols is 1. The Balaban J connectivity index is 1.43. The van der Waals surface area contributed by atoms with E-state index in [1.807, 2.05) is 23.7 Å². The summed E-state index contributed by atoms with van der Waals surface area (Å²) in [5, 5.41) is 15.8. The van der Waals surface area contributed by atoms with Crippen molar-refractivity contribution < 1.29 is 32.3 Å². The number of fused-ring (bicyclic) bond motifs is 1. The Kier molecular flexibility index (Phi) is 8.45. The number of aromatic hydroxyl groups is 1. The highest BCUT2D eigenvalue weighted by molar-refractivity contribution is 7.85. The van der Waals surface area contributed by atoms with Gasteiger partial charge in [-0.2, -0.15) is 13.5 Å². The first-order valence-corrected chi connectivity index (χ1v) is 13.8. The maximum absolute atomic E-state index is 10.9. The van der Waals surface area contributed by atoms with Gasteiger partial charge in [-0.1, -0.05) is 6.92 Å². The molecule has 0 saturated carbocycles. The summed E-state index contributed by atoms with van der Waals surface area (Å²) in [6.45, 7) is 4.94. The lowest BCUT2D eigenvalue weighted by Crippen LogP contribution is -2.20. The fourth-order valence-corrected chi connectivity index (χ4v) is 5.14. The first-order chi connectivity index (χ1) is 17.2. The van der Waals surface area contributed by atoms with Crippen LogP contribution in [0.25, 0.3) is 22.2 Å². The first-order valence-electron chi connectivity index (χ1n) is 12.2. The molecular weight excluding hydrogens is 486 g/mol. The van der Waals surface area contributed by atoms with E-state index in [1.54, 1.807) is 31.5 Å². The van der Waals surface area contributed by atoms with Crippen LogP contribution in [-0.2, 0) is 19.6 Å². The largest absolute Gasteiger partial charge is 0.508 e. The summed E-state index contributed by atoms with van der Waals surface area (Å²) in [6, 6.07) is 7.08. The number of pyridine rings is 1. The van der Waals surface area contributed by atoms with E-state index in [9.17, 15) is 13.5 Å². The number of aromatic nitrogens is 3. The molecular formula is C25H33N3O7S. The number of hydrogen-bond acceptors (Lipinski definition) is 8. The van der Waals surface area contributed by atoms with Crippen LogP contribution < -0.4 is 4.74 Å². The van der Waals surface area contributed by atoms with Gasteiger partial charge in [0.15, 0.2) is 6.23 Å². The number of benzene rings is 1. The van der Waals surface area contributed by atoms with Crippen molar-refractivity contribution in [3.8, 4) is 22.8 Å². The van der Waals surface area contributed by atoms with Crippen LogP contribution in [0, 0.1) is 5.92 Å². The summed E-state index contributed by atoms with van der Waals surface area (Å²) in [7, 11) is -4.00. The Morgan fingerprint density at radius 2 is 2.06 bits per heavy atom. The molecule has 1 aliphatic rings. The summed E-state index contributed by atoms with van der Waals surface area (Å²) in [4.78, 5) is 4.34. The van der Waals surface area contributed by atoms with Gasteiger partial charge in [-0.3, -0.25) is 9.54 Å². The normalized spacial score (nSPS) is 18.2. The van der Waals surface area contributed by atoms with Gasteiger partial charge >= 0.3 is 0 Å². The first kappa shape index (κ1) is 26.3. The SMILES string of the molecule is C[C@@H](COCC[C@H](C)Oc1cncc(-c2nn(C3CCCCO3)c3ccc(O)cc23)c1)CS(=O)(=O)O. The second-order valence-corrected chi connectivity index (χ2v) is 10.9. The minimum Gasteiger partial charge on any atom is -0.508 e. The molecule has 0 amide bonds. The minimum absolute atomic E-state index is 0.146. The van der Waals surface area contributed by atoms with Crippen LogP contribution in [-0.4, -0.2) is 64.5 Å². The number of rotatable bonds is 11. The second-order valence-electron chi connectivity index (χ2n) is 9.37. The molecule has 2 N–H and O–H groups in total. The predicted octanol–water partition coefficient (Wildman–Crippen LogP) is 4.20. The smallest absolute Gasteiger partial charge is 0.265 e. The molecule has 1 fully saturated rings. The summed E-state index contributed by atoms with van der Waals surface area (Å²) in [6.07, 6.45) is 6.62. The van der Waals surface area contributed by atoms with Crippen LogP contribution in [0.1, 0.15) is 45.8 Å². The zero-order valence-corrected chi connectivity index (χ0v) is 21.4. The quantitative estimate of drug-likeness (QED) is 0.282. The third kappa shape index (κ3) is 6.94. The van der Waals surface area contributed by atoms with Crippen molar-refractivity contribution in [3.05, 3.63) is 36.7 Å². The van der Waals surface area contributed by atoms with E-state index < -0.39 is 10.1 Å². The van der Waals surface area contributed by atoms with Crippen LogP contribution >= 0.6 is 0 Å². The molecule has 1 aliphatic heterocycles. The topological polar surface area (TPSA) is 133 Å². The van der Waals surface area contributed by atoms with Crippen molar-refractivity contribution in [2.45, 2.75) is 51.9 Å². The molecule has 196 valence electrons. The van der Waals surface area contributed by atoms with Gasteiger partial charge in [-0.15, -0.1) is 0 Å². The van der Waals surface area contributed by atoms with Gasteiger partial charge in [0.2, 0.25) is 0 Å². The molecule has 1 unspecified atom stereocenters. The van der Waals surface area contributed by atoms with Crippen LogP contribution in [0.2, 0.25) is 0 Å². The molecule has 0 spiro atoms. The lowest BCUT2D eigenvalue weighted by molar-refractivity contribution is -0.0365. The van der Waals surface area contributed by atoms with Crippen LogP contribution in [0.4, 0.5) is 0 Å². The van der Waals surface area contributed by atoms with E-state index in [4.69, 9.17) is 23.9 Å². The van der Waals surface area contributed by atoms with Gasteiger partial charge in [0.25, 0.3) is 10.1 Å². The Morgan fingerprint density at radius 1 is 1.22 bits per heavy atom. The summed E-state index contributed by atoms with van der Waals surface area (Å²) in [5.41, 5.74) is 2.34. The number of hydrogen-bond donors (Lipinski definition) is 2. The van der Waals surface area contributed by atoms with Crippen molar-refractivity contribution in [2.24, 2.45) is 5.92 Å². The molecule has 1 saturated heterocycles. The molecule has 0 bridgehead atoms. The molecule has 0 aliphatic carbocycles. The summed E-state index contributed by atoms with van der Waals surface area (Å²) in [5.74, 6) is 0.113. The standard InChI is InChI=1S/C25H33N3O7S/c1-17(16-36(30,31)32)15-33-10-8-18(2)35-21-11-19(13-26-14-21)25-22-12-20(29)6-7-23(22)28(27-25)24-5-3-4-9-34-24/h6-7,11-14,17-18,24,29H,3-5,8-10,15-16H2,1-2H3,(H,30,31,32)/t17-,18-,24?/m0/s1. The highest BCUT2D eigenvalue weighted by Gasteiger charge is 2.22. The highest BCUT2D eigenvalue weighted by atomic mass is 32.2. The van der Waals surface area contributed by atoms with Crippen LogP contribution in [0.15, 0.2) is 36.7 Å². The van der Waals surface area contributed by atoms with Crippen molar-refractivity contribution in [3.63, 3.8) is 0 Å². The second kappa shape index (κ2) is 11.5. The molecule has 3 atom stereocenters. The lowest BCUT2D eigenvalue weighted by Gasteiger charge is -2.23. The monoisotopic (exact) mass is 519 g/mol. The maximum atomic E-state index is 10.9. The van der Waals surface area contributed by atoms with Gasteiger partial charge in [0.05, 0.1) is 36.8 Å². The van der Waals surface area contributed by atoms with Gasteiger partial charge in [-0.05, 0) is 56.4 Å². The fraction of sp³-hybridized carbons (Fsp3) is 0.520.